The highest BCUT2D eigenvalue weighted by Gasteiger charge is 2.24. The molecule has 0 saturated carbocycles. The number of hydrogen-bond acceptors (Lipinski definition) is 4. The van der Waals surface area contributed by atoms with Crippen LogP contribution in [0, 0.1) is 5.41 Å². The van der Waals surface area contributed by atoms with Gasteiger partial charge in [-0.3, -0.25) is 9.59 Å². The quantitative estimate of drug-likeness (QED) is 0.880. The van der Waals surface area contributed by atoms with Gasteiger partial charge in [-0.2, -0.15) is 5.10 Å². The number of hydrogen-bond donors (Lipinski definition) is 2. The molecule has 1 amide bonds. The zero-order valence-electron chi connectivity index (χ0n) is 13.8. The summed E-state index contributed by atoms with van der Waals surface area (Å²) in [6.07, 6.45) is 0.503. The van der Waals surface area contributed by atoms with Crippen molar-refractivity contribution in [2.75, 3.05) is 19.7 Å². The van der Waals surface area contributed by atoms with Crippen LogP contribution in [0.25, 0.3) is 10.8 Å². The minimum absolute atomic E-state index is 0.0215. The van der Waals surface area contributed by atoms with E-state index in [-0.39, 0.29) is 29.2 Å². The molecule has 0 aliphatic rings. The maximum absolute atomic E-state index is 12.9. The lowest BCUT2D eigenvalue weighted by atomic mass is 9.95. The molecule has 0 saturated heterocycles. The topological polar surface area (TPSA) is 86.3 Å². The molecule has 6 heteroatoms. The van der Waals surface area contributed by atoms with Crippen molar-refractivity contribution in [3.05, 3.63) is 40.3 Å². The SMILES string of the molecule is CC(C)(C)CN(CCCO)C(=O)c1n[nH]c(=O)c2ccccc12. The fourth-order valence-corrected chi connectivity index (χ4v) is 2.51. The van der Waals surface area contributed by atoms with E-state index in [2.05, 4.69) is 10.2 Å². The molecule has 2 rings (SSSR count). The first kappa shape index (κ1) is 17.1. The van der Waals surface area contributed by atoms with Gasteiger partial charge in [0.1, 0.15) is 0 Å². The van der Waals surface area contributed by atoms with Crippen LogP contribution in [0.1, 0.15) is 37.7 Å². The van der Waals surface area contributed by atoms with Crippen LogP contribution in [0.3, 0.4) is 0 Å². The molecule has 0 aliphatic heterocycles. The van der Waals surface area contributed by atoms with Gasteiger partial charge in [-0.15, -0.1) is 0 Å². The van der Waals surface area contributed by atoms with Gasteiger partial charge >= 0.3 is 0 Å². The molecule has 0 spiro atoms. The summed E-state index contributed by atoms with van der Waals surface area (Å²) in [6.45, 7) is 7.15. The van der Waals surface area contributed by atoms with Gasteiger partial charge < -0.3 is 10.0 Å². The molecule has 6 nitrogen and oxygen atoms in total. The van der Waals surface area contributed by atoms with E-state index in [1.165, 1.54) is 0 Å². The Bertz CT molecular complexity index is 747. The first-order valence-electron chi connectivity index (χ1n) is 7.71. The zero-order valence-corrected chi connectivity index (χ0v) is 13.8. The first-order valence-corrected chi connectivity index (χ1v) is 7.71. The minimum atomic E-state index is -0.310. The monoisotopic (exact) mass is 317 g/mol. The predicted molar refractivity (Wildman–Crippen MR) is 89.4 cm³/mol. The minimum Gasteiger partial charge on any atom is -0.396 e. The molecule has 1 aromatic heterocycles. The van der Waals surface area contributed by atoms with Crippen LogP contribution in [0.15, 0.2) is 29.1 Å². The van der Waals surface area contributed by atoms with Crippen LogP contribution in [-0.4, -0.2) is 45.8 Å². The second-order valence-electron chi connectivity index (χ2n) is 6.81. The lowest BCUT2D eigenvalue weighted by Gasteiger charge is -2.30. The normalized spacial score (nSPS) is 11.7. The number of fused-ring (bicyclic) bond motifs is 1. The van der Waals surface area contributed by atoms with Crippen molar-refractivity contribution in [3.8, 4) is 0 Å². The first-order chi connectivity index (χ1) is 10.8. The number of aliphatic hydroxyl groups excluding tert-OH is 1. The molecule has 0 atom stereocenters. The van der Waals surface area contributed by atoms with Crippen molar-refractivity contribution in [1.82, 2.24) is 15.1 Å². The van der Waals surface area contributed by atoms with E-state index in [1.807, 2.05) is 20.8 Å². The highest BCUT2D eigenvalue weighted by molar-refractivity contribution is 6.04. The van der Waals surface area contributed by atoms with Crippen molar-refractivity contribution in [2.24, 2.45) is 5.41 Å². The fourth-order valence-electron chi connectivity index (χ4n) is 2.51. The molecule has 124 valence electrons. The number of aromatic amines is 1. The van der Waals surface area contributed by atoms with Crippen molar-refractivity contribution in [3.63, 3.8) is 0 Å². The summed E-state index contributed by atoms with van der Waals surface area (Å²) in [7, 11) is 0. The zero-order chi connectivity index (χ0) is 17.0. The van der Waals surface area contributed by atoms with E-state index in [0.717, 1.165) is 0 Å². The smallest absolute Gasteiger partial charge is 0.274 e. The van der Waals surface area contributed by atoms with E-state index in [9.17, 15) is 9.59 Å². The van der Waals surface area contributed by atoms with E-state index >= 15 is 0 Å². The Labute approximate surface area is 135 Å². The Morgan fingerprint density at radius 2 is 1.91 bits per heavy atom. The Morgan fingerprint density at radius 3 is 2.52 bits per heavy atom. The van der Waals surface area contributed by atoms with E-state index in [1.54, 1.807) is 29.2 Å². The molecule has 23 heavy (non-hydrogen) atoms. The molecule has 0 bridgehead atoms. The molecular formula is C17H23N3O3. The Kier molecular flexibility index (Phi) is 5.15. The standard InChI is InChI=1S/C17H23N3O3/c1-17(2,3)11-20(9-6-10-21)16(23)14-12-7-4-5-8-13(12)15(22)19-18-14/h4-5,7-8,21H,6,9-11H2,1-3H3,(H,19,22). The van der Waals surface area contributed by atoms with Gasteiger partial charge in [0.15, 0.2) is 5.69 Å². The number of nitrogens with zero attached hydrogens (tertiary/aromatic N) is 2. The summed E-state index contributed by atoms with van der Waals surface area (Å²) in [5, 5.41) is 16.4. The van der Waals surface area contributed by atoms with Crippen LogP contribution >= 0.6 is 0 Å². The highest BCUT2D eigenvalue weighted by Crippen LogP contribution is 2.19. The van der Waals surface area contributed by atoms with Crippen LogP contribution in [0.2, 0.25) is 0 Å². The average Bonchev–Trinajstić information content (AvgIpc) is 2.50. The van der Waals surface area contributed by atoms with Crippen LogP contribution < -0.4 is 5.56 Å². The van der Waals surface area contributed by atoms with E-state index < -0.39 is 0 Å². The molecule has 2 aromatic rings. The average molecular weight is 317 g/mol. The third kappa shape index (κ3) is 4.16. The lowest BCUT2D eigenvalue weighted by molar-refractivity contribution is 0.0677. The number of amides is 1. The number of H-pyrrole nitrogens is 1. The van der Waals surface area contributed by atoms with Crippen LogP contribution in [0.4, 0.5) is 0 Å². The molecule has 1 heterocycles. The molecule has 1 aromatic carbocycles. The summed E-state index contributed by atoms with van der Waals surface area (Å²) >= 11 is 0. The molecular weight excluding hydrogens is 294 g/mol. The van der Waals surface area contributed by atoms with Gasteiger partial charge in [0.05, 0.1) is 5.39 Å². The number of aromatic nitrogens is 2. The summed E-state index contributed by atoms with van der Waals surface area (Å²) in [5.74, 6) is -0.235. The summed E-state index contributed by atoms with van der Waals surface area (Å²) in [6, 6.07) is 6.94. The Balaban J connectivity index is 2.43. The predicted octanol–water partition coefficient (Wildman–Crippen LogP) is 1.79. The number of rotatable bonds is 5. The Morgan fingerprint density at radius 1 is 1.26 bits per heavy atom. The molecule has 2 N–H and O–H groups in total. The number of carbonyl (C=O) groups is 1. The lowest BCUT2D eigenvalue weighted by Crippen LogP contribution is -2.39. The van der Waals surface area contributed by atoms with Gasteiger partial charge in [-0.1, -0.05) is 39.0 Å². The van der Waals surface area contributed by atoms with Crippen molar-refractivity contribution < 1.29 is 9.90 Å². The largest absolute Gasteiger partial charge is 0.396 e. The van der Waals surface area contributed by atoms with Crippen molar-refractivity contribution >= 4 is 16.7 Å². The van der Waals surface area contributed by atoms with Gasteiger partial charge in [0.25, 0.3) is 11.5 Å². The maximum Gasteiger partial charge on any atom is 0.274 e. The third-order valence-corrected chi connectivity index (χ3v) is 3.44. The number of carbonyl (C=O) groups excluding carboxylic acids is 1. The number of benzene rings is 1. The summed E-state index contributed by atoms with van der Waals surface area (Å²) < 4.78 is 0. The van der Waals surface area contributed by atoms with Gasteiger partial charge in [0, 0.05) is 25.1 Å². The number of aliphatic hydroxyl groups is 1. The van der Waals surface area contributed by atoms with E-state index in [0.29, 0.717) is 30.3 Å². The Hall–Kier alpha value is -2.21. The maximum atomic E-state index is 12.9. The second kappa shape index (κ2) is 6.91. The fraction of sp³-hybridized carbons (Fsp3) is 0.471. The van der Waals surface area contributed by atoms with Gasteiger partial charge in [0.2, 0.25) is 0 Å². The molecule has 0 aliphatic carbocycles. The third-order valence-electron chi connectivity index (χ3n) is 3.44. The van der Waals surface area contributed by atoms with Gasteiger partial charge in [-0.05, 0) is 17.9 Å². The molecule has 0 fully saturated rings. The van der Waals surface area contributed by atoms with E-state index in [4.69, 9.17) is 5.11 Å². The molecule has 0 radical (unpaired) electrons. The summed E-state index contributed by atoms with van der Waals surface area (Å²) in [4.78, 5) is 26.4. The van der Waals surface area contributed by atoms with Crippen LogP contribution in [-0.2, 0) is 0 Å². The second-order valence-corrected chi connectivity index (χ2v) is 6.81. The van der Waals surface area contributed by atoms with Crippen molar-refractivity contribution in [2.45, 2.75) is 27.2 Å². The van der Waals surface area contributed by atoms with Crippen LogP contribution in [0.5, 0.6) is 0 Å². The molecule has 0 unspecified atom stereocenters. The van der Waals surface area contributed by atoms with Gasteiger partial charge in [-0.25, -0.2) is 5.10 Å². The van der Waals surface area contributed by atoms with Crippen molar-refractivity contribution in [1.29, 1.82) is 0 Å². The number of nitrogens with one attached hydrogen (secondary N) is 1. The summed E-state index contributed by atoms with van der Waals surface area (Å²) in [5.41, 5.74) is -0.152. The highest BCUT2D eigenvalue weighted by atomic mass is 16.3.